The second-order valence-corrected chi connectivity index (χ2v) is 7.86. The molecule has 0 aromatic heterocycles. The van der Waals surface area contributed by atoms with E-state index < -0.39 is 0 Å². The van der Waals surface area contributed by atoms with E-state index >= 15 is 0 Å². The zero-order valence-electron chi connectivity index (χ0n) is 19.7. The molecule has 1 heterocycles. The predicted molar refractivity (Wildman–Crippen MR) is 130 cm³/mol. The normalized spacial score (nSPS) is 14.9. The Hall–Kier alpha value is -2.93. The quantitative estimate of drug-likeness (QED) is 0.459. The average Bonchev–Trinajstić information content (AvgIpc) is 2.85. The SMILES string of the molecule is CCOCc1ccc(CNC(=NC)NC2CCN(c3cc(OC)cc(OC)c3)CC2)cc1. The number of benzene rings is 2. The fraction of sp³-hybridized carbons (Fsp3) is 0.480. The van der Waals surface area contributed by atoms with Gasteiger partial charge in [0, 0.05) is 63.2 Å². The lowest BCUT2D eigenvalue weighted by atomic mass is 10.0. The number of piperidine rings is 1. The monoisotopic (exact) mass is 440 g/mol. The zero-order valence-corrected chi connectivity index (χ0v) is 19.7. The van der Waals surface area contributed by atoms with Crippen molar-refractivity contribution in [3.8, 4) is 11.5 Å². The van der Waals surface area contributed by atoms with Crippen molar-refractivity contribution in [1.29, 1.82) is 0 Å². The third-order valence-electron chi connectivity index (χ3n) is 5.72. The highest BCUT2D eigenvalue weighted by atomic mass is 16.5. The number of rotatable bonds is 9. The van der Waals surface area contributed by atoms with Crippen molar-refractivity contribution in [2.24, 2.45) is 4.99 Å². The molecule has 2 N–H and O–H groups in total. The molecule has 1 saturated heterocycles. The van der Waals surface area contributed by atoms with Gasteiger partial charge in [0.15, 0.2) is 5.96 Å². The van der Waals surface area contributed by atoms with Gasteiger partial charge in [0.1, 0.15) is 11.5 Å². The van der Waals surface area contributed by atoms with Gasteiger partial charge >= 0.3 is 0 Å². The van der Waals surface area contributed by atoms with Gasteiger partial charge in [0.05, 0.1) is 20.8 Å². The van der Waals surface area contributed by atoms with Gasteiger partial charge in [-0.3, -0.25) is 4.99 Å². The first-order chi connectivity index (χ1) is 15.6. The molecule has 7 nitrogen and oxygen atoms in total. The van der Waals surface area contributed by atoms with Crippen LogP contribution in [0.4, 0.5) is 5.69 Å². The third-order valence-corrected chi connectivity index (χ3v) is 5.72. The van der Waals surface area contributed by atoms with E-state index in [1.165, 1.54) is 11.1 Å². The minimum atomic E-state index is 0.388. The molecular weight excluding hydrogens is 404 g/mol. The van der Waals surface area contributed by atoms with Crippen molar-refractivity contribution < 1.29 is 14.2 Å². The van der Waals surface area contributed by atoms with E-state index in [-0.39, 0.29) is 0 Å². The van der Waals surface area contributed by atoms with Gasteiger partial charge in [-0.05, 0) is 30.9 Å². The Morgan fingerprint density at radius 2 is 1.62 bits per heavy atom. The minimum absolute atomic E-state index is 0.388. The summed E-state index contributed by atoms with van der Waals surface area (Å²) in [6.07, 6.45) is 2.07. The topological polar surface area (TPSA) is 67.4 Å². The molecule has 2 aromatic rings. The molecule has 1 aliphatic rings. The Morgan fingerprint density at radius 1 is 1.00 bits per heavy atom. The van der Waals surface area contributed by atoms with E-state index in [0.717, 1.165) is 62.2 Å². The molecule has 0 unspecified atom stereocenters. The van der Waals surface area contributed by atoms with Gasteiger partial charge in [-0.2, -0.15) is 0 Å². The maximum Gasteiger partial charge on any atom is 0.191 e. The molecule has 7 heteroatoms. The molecule has 0 bridgehead atoms. The van der Waals surface area contributed by atoms with Gasteiger partial charge in [-0.25, -0.2) is 0 Å². The van der Waals surface area contributed by atoms with Crippen LogP contribution in [0.1, 0.15) is 30.9 Å². The Kier molecular flexibility index (Phi) is 9.04. The lowest BCUT2D eigenvalue weighted by Crippen LogP contribution is -2.48. The van der Waals surface area contributed by atoms with Crippen LogP contribution in [0.15, 0.2) is 47.5 Å². The summed E-state index contributed by atoms with van der Waals surface area (Å²) >= 11 is 0. The second-order valence-electron chi connectivity index (χ2n) is 7.86. The maximum absolute atomic E-state index is 5.46. The zero-order chi connectivity index (χ0) is 22.8. The lowest BCUT2D eigenvalue weighted by Gasteiger charge is -2.34. The van der Waals surface area contributed by atoms with Gasteiger partial charge in [-0.15, -0.1) is 0 Å². The molecule has 0 atom stereocenters. The number of anilines is 1. The van der Waals surface area contributed by atoms with E-state index in [2.05, 4.69) is 56.9 Å². The first-order valence-corrected chi connectivity index (χ1v) is 11.3. The molecule has 32 heavy (non-hydrogen) atoms. The number of nitrogens with zero attached hydrogens (tertiary/aromatic N) is 2. The van der Waals surface area contributed by atoms with Crippen LogP contribution in [-0.2, 0) is 17.9 Å². The highest BCUT2D eigenvalue weighted by Gasteiger charge is 2.21. The molecule has 0 spiro atoms. The standard InChI is InChI=1S/C25H36N4O3/c1-5-32-18-20-8-6-19(7-9-20)17-27-25(26-2)28-21-10-12-29(13-11-21)22-14-23(30-3)16-24(15-22)31-4/h6-9,14-16,21H,5,10-13,17-18H2,1-4H3,(H2,26,27,28). The van der Waals surface area contributed by atoms with Crippen molar-refractivity contribution in [3.63, 3.8) is 0 Å². The third kappa shape index (κ3) is 6.79. The predicted octanol–water partition coefficient (Wildman–Crippen LogP) is 3.57. The van der Waals surface area contributed by atoms with Crippen molar-refractivity contribution in [3.05, 3.63) is 53.6 Å². The second kappa shape index (κ2) is 12.2. The molecule has 0 aliphatic carbocycles. The number of nitrogens with one attached hydrogen (secondary N) is 2. The number of aliphatic imine (C=N–C) groups is 1. The smallest absolute Gasteiger partial charge is 0.191 e. The summed E-state index contributed by atoms with van der Waals surface area (Å²) in [5.74, 6) is 2.47. The molecule has 1 aliphatic heterocycles. The molecular formula is C25H36N4O3. The first kappa shape index (κ1) is 23.7. The first-order valence-electron chi connectivity index (χ1n) is 11.3. The summed E-state index contributed by atoms with van der Waals surface area (Å²) < 4.78 is 16.3. The van der Waals surface area contributed by atoms with Crippen LogP contribution in [0.2, 0.25) is 0 Å². The van der Waals surface area contributed by atoms with E-state index in [4.69, 9.17) is 14.2 Å². The number of hydrogen-bond acceptors (Lipinski definition) is 5. The summed E-state index contributed by atoms with van der Waals surface area (Å²) in [5.41, 5.74) is 3.54. The van der Waals surface area contributed by atoms with Gasteiger partial charge in [0.25, 0.3) is 0 Å². The molecule has 0 saturated carbocycles. The summed E-state index contributed by atoms with van der Waals surface area (Å²) in [4.78, 5) is 6.78. The van der Waals surface area contributed by atoms with Gasteiger partial charge in [-0.1, -0.05) is 24.3 Å². The minimum Gasteiger partial charge on any atom is -0.497 e. The van der Waals surface area contributed by atoms with Crippen LogP contribution in [0.5, 0.6) is 11.5 Å². The van der Waals surface area contributed by atoms with Crippen LogP contribution < -0.4 is 25.0 Å². The summed E-state index contributed by atoms with van der Waals surface area (Å²) in [6, 6.07) is 14.9. The van der Waals surface area contributed by atoms with Crippen LogP contribution in [0, 0.1) is 0 Å². The number of methoxy groups -OCH3 is 2. The van der Waals surface area contributed by atoms with Crippen LogP contribution in [0.3, 0.4) is 0 Å². The van der Waals surface area contributed by atoms with Crippen molar-refractivity contribution in [1.82, 2.24) is 10.6 Å². The molecule has 1 fully saturated rings. The molecule has 0 radical (unpaired) electrons. The molecule has 3 rings (SSSR count). The van der Waals surface area contributed by atoms with Crippen LogP contribution in [-0.4, -0.2) is 53.0 Å². The van der Waals surface area contributed by atoms with E-state index in [1.807, 2.05) is 20.0 Å². The molecule has 174 valence electrons. The largest absolute Gasteiger partial charge is 0.497 e. The van der Waals surface area contributed by atoms with E-state index in [0.29, 0.717) is 12.6 Å². The summed E-state index contributed by atoms with van der Waals surface area (Å²) in [6.45, 7) is 6.07. The van der Waals surface area contributed by atoms with Crippen LogP contribution in [0.25, 0.3) is 0 Å². The fourth-order valence-electron chi connectivity index (χ4n) is 3.80. The Balaban J connectivity index is 1.47. The maximum atomic E-state index is 5.46. The van der Waals surface area contributed by atoms with Crippen molar-refractivity contribution in [2.45, 2.75) is 39.0 Å². The van der Waals surface area contributed by atoms with Crippen molar-refractivity contribution in [2.75, 3.05) is 45.9 Å². The fourth-order valence-corrected chi connectivity index (χ4v) is 3.80. The lowest BCUT2D eigenvalue weighted by molar-refractivity contribution is 0.134. The van der Waals surface area contributed by atoms with Gasteiger partial charge < -0.3 is 29.7 Å². The average molecular weight is 441 g/mol. The van der Waals surface area contributed by atoms with Crippen molar-refractivity contribution >= 4 is 11.6 Å². The van der Waals surface area contributed by atoms with E-state index in [1.54, 1.807) is 14.2 Å². The Labute approximate surface area is 191 Å². The number of hydrogen-bond donors (Lipinski definition) is 2. The van der Waals surface area contributed by atoms with Gasteiger partial charge in [0.2, 0.25) is 0 Å². The summed E-state index contributed by atoms with van der Waals surface area (Å²) in [5, 5.41) is 7.00. The number of guanidine groups is 1. The molecule has 0 amide bonds. The van der Waals surface area contributed by atoms with Crippen LogP contribution >= 0.6 is 0 Å². The molecule has 2 aromatic carbocycles. The Morgan fingerprint density at radius 3 is 2.19 bits per heavy atom. The Bertz CT molecular complexity index is 840. The highest BCUT2D eigenvalue weighted by molar-refractivity contribution is 5.80. The van der Waals surface area contributed by atoms with E-state index in [9.17, 15) is 0 Å². The highest BCUT2D eigenvalue weighted by Crippen LogP contribution is 2.30. The number of ether oxygens (including phenoxy) is 3. The summed E-state index contributed by atoms with van der Waals surface area (Å²) in [7, 11) is 5.18.